The van der Waals surface area contributed by atoms with Crippen LogP contribution in [0.25, 0.3) is 38.5 Å². The number of ketones is 1. The van der Waals surface area contributed by atoms with Gasteiger partial charge in [0.25, 0.3) is 0 Å². The van der Waals surface area contributed by atoms with Gasteiger partial charge < -0.3 is 9.15 Å². The van der Waals surface area contributed by atoms with Crippen molar-refractivity contribution >= 4 is 50.2 Å². The van der Waals surface area contributed by atoms with Gasteiger partial charge in [-0.3, -0.25) is 4.79 Å². The van der Waals surface area contributed by atoms with Crippen molar-refractivity contribution in [2.75, 3.05) is 0 Å². The van der Waals surface area contributed by atoms with Crippen LogP contribution in [0, 0.1) is 0 Å². The highest BCUT2D eigenvalue weighted by Gasteiger charge is 2.31. The maximum absolute atomic E-state index is 13.1. The number of hydrogen-bond acceptors (Lipinski definition) is 5. The number of Topliss-reactive ketones (excluding diaryl/α,β-unsaturated/α-hetero) is 1. The Morgan fingerprint density at radius 2 is 1.55 bits per heavy atom. The molecule has 0 spiro atoms. The molecule has 0 unspecified atom stereocenters. The van der Waals surface area contributed by atoms with E-state index in [1.54, 1.807) is 18.2 Å². The molecule has 6 rings (SSSR count). The molecule has 0 fully saturated rings. The molecular formula is C26H14O4S. The lowest BCUT2D eigenvalue weighted by molar-refractivity contribution is -0.130. The third-order valence-corrected chi connectivity index (χ3v) is 6.34. The van der Waals surface area contributed by atoms with Gasteiger partial charge in [-0.2, -0.15) is 0 Å². The molecule has 0 saturated heterocycles. The van der Waals surface area contributed by atoms with Crippen LogP contribution in [0.4, 0.5) is 0 Å². The highest BCUT2D eigenvalue weighted by Crippen LogP contribution is 2.36. The molecule has 4 nitrogen and oxygen atoms in total. The average molecular weight is 422 g/mol. The Kier molecular flexibility index (Phi) is 3.91. The molecule has 2 aromatic heterocycles. The molecule has 0 aliphatic carbocycles. The summed E-state index contributed by atoms with van der Waals surface area (Å²) in [6.07, 6.45) is 1.59. The van der Waals surface area contributed by atoms with Gasteiger partial charge in [0.1, 0.15) is 22.7 Å². The Bertz CT molecular complexity index is 1500. The zero-order valence-electron chi connectivity index (χ0n) is 16.1. The molecule has 0 saturated carbocycles. The summed E-state index contributed by atoms with van der Waals surface area (Å²) >= 11 is 1.46. The zero-order valence-corrected chi connectivity index (χ0v) is 16.9. The Morgan fingerprint density at radius 1 is 0.806 bits per heavy atom. The van der Waals surface area contributed by atoms with Crippen LogP contribution in [0.2, 0.25) is 0 Å². The number of fused-ring (bicyclic) bond motifs is 3. The van der Waals surface area contributed by atoms with Crippen molar-refractivity contribution < 1.29 is 18.7 Å². The Hall–Kier alpha value is -3.96. The molecule has 0 N–H and O–H groups in total. The molecule has 0 amide bonds. The van der Waals surface area contributed by atoms with Gasteiger partial charge in [0.2, 0.25) is 5.78 Å². The van der Waals surface area contributed by atoms with Gasteiger partial charge in [0, 0.05) is 16.5 Å². The minimum Gasteiger partial charge on any atom is -0.455 e. The number of thiophene rings is 1. The van der Waals surface area contributed by atoms with Crippen LogP contribution in [-0.4, -0.2) is 11.8 Å². The standard InChI is InChI=1S/C26H14O4S/c27-25-19-10-16-8-4-5-9-17(16)11-22(19)30-26(28)20(25)12-18-13-23-24(31-18)14-21(29-23)15-6-2-1-3-7-15/h1-14H/b20-12-. The van der Waals surface area contributed by atoms with Crippen LogP contribution >= 0.6 is 11.3 Å². The molecule has 5 heteroatoms. The van der Waals surface area contributed by atoms with Crippen molar-refractivity contribution in [1.29, 1.82) is 0 Å². The van der Waals surface area contributed by atoms with E-state index < -0.39 is 5.97 Å². The van der Waals surface area contributed by atoms with Gasteiger partial charge in [-0.05, 0) is 35.0 Å². The number of hydrogen-bond donors (Lipinski definition) is 0. The number of esters is 1. The molecule has 0 atom stereocenters. The number of carbonyl (C=O) groups is 2. The Balaban J connectivity index is 1.38. The fourth-order valence-electron chi connectivity index (χ4n) is 3.81. The van der Waals surface area contributed by atoms with Crippen LogP contribution in [0.1, 0.15) is 15.2 Å². The summed E-state index contributed by atoms with van der Waals surface area (Å²) in [5, 5.41) is 1.84. The first-order valence-electron chi connectivity index (χ1n) is 9.76. The summed E-state index contributed by atoms with van der Waals surface area (Å²) in [6.45, 7) is 0. The molecule has 1 aliphatic heterocycles. The van der Waals surface area contributed by atoms with Crippen LogP contribution in [-0.2, 0) is 4.79 Å². The van der Waals surface area contributed by atoms with Gasteiger partial charge in [0.15, 0.2) is 0 Å². The second-order valence-corrected chi connectivity index (χ2v) is 8.44. The molecule has 3 heterocycles. The first-order valence-corrected chi connectivity index (χ1v) is 10.6. The highest BCUT2D eigenvalue weighted by molar-refractivity contribution is 7.19. The van der Waals surface area contributed by atoms with Crippen molar-refractivity contribution in [2.24, 2.45) is 0 Å². The number of carbonyl (C=O) groups excluding carboxylic acids is 2. The fraction of sp³-hybridized carbons (Fsp3) is 0. The van der Waals surface area contributed by atoms with Crippen molar-refractivity contribution in [1.82, 2.24) is 0 Å². The predicted octanol–water partition coefficient (Wildman–Crippen LogP) is 6.50. The van der Waals surface area contributed by atoms with Crippen LogP contribution in [0.15, 0.2) is 88.9 Å². The molecular weight excluding hydrogens is 408 g/mol. The molecule has 5 aromatic rings. The number of ether oxygens (including phenoxy) is 1. The second-order valence-electron chi connectivity index (χ2n) is 7.33. The first-order chi connectivity index (χ1) is 15.2. The normalized spacial score (nSPS) is 14.9. The van der Waals surface area contributed by atoms with E-state index in [1.165, 1.54) is 11.3 Å². The summed E-state index contributed by atoms with van der Waals surface area (Å²) in [5.41, 5.74) is 2.14. The third-order valence-electron chi connectivity index (χ3n) is 5.33. The van der Waals surface area contributed by atoms with Crippen LogP contribution < -0.4 is 4.74 Å². The monoisotopic (exact) mass is 422 g/mol. The largest absolute Gasteiger partial charge is 0.455 e. The van der Waals surface area contributed by atoms with E-state index in [9.17, 15) is 9.59 Å². The zero-order chi connectivity index (χ0) is 20.9. The quantitative estimate of drug-likeness (QED) is 0.141. The Morgan fingerprint density at radius 3 is 2.32 bits per heavy atom. The minimum absolute atomic E-state index is 0.0231. The first kappa shape index (κ1) is 17.9. The van der Waals surface area contributed by atoms with E-state index >= 15 is 0 Å². The second kappa shape index (κ2) is 6.79. The minimum atomic E-state index is -0.636. The Labute approximate surface area is 181 Å². The van der Waals surface area contributed by atoms with E-state index in [1.807, 2.05) is 66.7 Å². The summed E-state index contributed by atoms with van der Waals surface area (Å²) in [6, 6.07) is 24.9. The average Bonchev–Trinajstić information content (AvgIpc) is 3.35. The SMILES string of the molecule is O=C1Oc2cc3ccccc3cc2C(=O)/C1=C/c1cc2oc(-c3ccccc3)cc2s1. The van der Waals surface area contributed by atoms with Gasteiger partial charge >= 0.3 is 5.97 Å². The van der Waals surface area contributed by atoms with Crippen LogP contribution in [0.5, 0.6) is 5.75 Å². The number of rotatable bonds is 2. The molecule has 3 aromatic carbocycles. The van der Waals surface area contributed by atoms with Gasteiger partial charge in [-0.25, -0.2) is 4.79 Å². The van der Waals surface area contributed by atoms with Gasteiger partial charge in [0.05, 0.1) is 10.3 Å². The van der Waals surface area contributed by atoms with E-state index in [0.717, 1.165) is 37.3 Å². The van der Waals surface area contributed by atoms with Crippen LogP contribution in [0.3, 0.4) is 0 Å². The highest BCUT2D eigenvalue weighted by atomic mass is 32.1. The summed E-state index contributed by atoms with van der Waals surface area (Å²) in [4.78, 5) is 26.4. The summed E-state index contributed by atoms with van der Waals surface area (Å²) < 4.78 is 12.4. The number of furan rings is 1. The summed E-state index contributed by atoms with van der Waals surface area (Å²) in [7, 11) is 0. The lowest BCUT2D eigenvalue weighted by atomic mass is 9.96. The molecule has 0 radical (unpaired) electrons. The van der Waals surface area contributed by atoms with Crippen molar-refractivity contribution in [3.05, 3.63) is 94.9 Å². The topological polar surface area (TPSA) is 56.5 Å². The fourth-order valence-corrected chi connectivity index (χ4v) is 4.77. The van der Waals surface area contributed by atoms with E-state index in [2.05, 4.69) is 0 Å². The van der Waals surface area contributed by atoms with Crippen molar-refractivity contribution in [3.63, 3.8) is 0 Å². The van der Waals surface area contributed by atoms with E-state index in [4.69, 9.17) is 9.15 Å². The third kappa shape index (κ3) is 2.98. The van der Waals surface area contributed by atoms with E-state index in [-0.39, 0.29) is 11.4 Å². The van der Waals surface area contributed by atoms with Gasteiger partial charge in [-0.1, -0.05) is 54.6 Å². The molecule has 148 valence electrons. The maximum Gasteiger partial charge on any atom is 0.347 e. The van der Waals surface area contributed by atoms with E-state index in [0.29, 0.717) is 11.3 Å². The van der Waals surface area contributed by atoms with Crippen molar-refractivity contribution in [3.8, 4) is 17.1 Å². The molecule has 31 heavy (non-hydrogen) atoms. The lowest BCUT2D eigenvalue weighted by Crippen LogP contribution is -2.25. The van der Waals surface area contributed by atoms with Gasteiger partial charge in [-0.15, -0.1) is 11.3 Å². The van der Waals surface area contributed by atoms with Crippen molar-refractivity contribution in [2.45, 2.75) is 0 Å². The maximum atomic E-state index is 13.1. The molecule has 1 aliphatic rings. The predicted molar refractivity (Wildman–Crippen MR) is 121 cm³/mol. The summed E-state index contributed by atoms with van der Waals surface area (Å²) in [5.74, 6) is 0.128. The number of benzene rings is 3. The smallest absolute Gasteiger partial charge is 0.347 e. The lowest BCUT2D eigenvalue weighted by Gasteiger charge is -2.17. The molecule has 0 bridgehead atoms.